The predicted octanol–water partition coefficient (Wildman–Crippen LogP) is 4.98. The van der Waals surface area contributed by atoms with E-state index in [-0.39, 0.29) is 11.9 Å². The topological polar surface area (TPSA) is 49.0 Å². The van der Waals surface area contributed by atoms with Gasteiger partial charge in [-0.3, -0.25) is 9.78 Å². The average molecular weight is 396 g/mol. The van der Waals surface area contributed by atoms with E-state index in [1.165, 1.54) is 16.5 Å². The molecule has 1 atom stereocenters. The lowest BCUT2D eigenvalue weighted by Gasteiger charge is -2.36. The minimum Gasteiger partial charge on any atom is -0.356 e. The minimum absolute atomic E-state index is 0.177. The monoisotopic (exact) mass is 395 g/mol. The fraction of sp³-hybridized carbons (Fsp3) is 0.231. The molecule has 4 aromatic rings. The fourth-order valence-corrected chi connectivity index (χ4v) is 4.57. The lowest BCUT2D eigenvalue weighted by molar-refractivity contribution is -0.133. The van der Waals surface area contributed by atoms with Crippen LogP contribution < -0.4 is 0 Å². The number of H-pyrrole nitrogens is 1. The first-order chi connectivity index (χ1) is 14.7. The number of pyridine rings is 1. The number of rotatable bonds is 4. The number of carbonyl (C=O) groups is 1. The summed E-state index contributed by atoms with van der Waals surface area (Å²) in [5.74, 6) is 0.177. The Morgan fingerprint density at radius 1 is 1.03 bits per heavy atom. The van der Waals surface area contributed by atoms with E-state index in [2.05, 4.69) is 35.3 Å². The van der Waals surface area contributed by atoms with Crippen molar-refractivity contribution >= 4 is 16.8 Å². The first-order valence-electron chi connectivity index (χ1n) is 10.6. The summed E-state index contributed by atoms with van der Waals surface area (Å²) in [5, 5.41) is 1.25. The second kappa shape index (κ2) is 7.79. The first kappa shape index (κ1) is 18.6. The summed E-state index contributed by atoms with van der Waals surface area (Å²) in [7, 11) is 0. The van der Waals surface area contributed by atoms with Gasteiger partial charge in [0, 0.05) is 35.3 Å². The Bertz CT molecular complexity index is 1200. The highest BCUT2D eigenvalue weighted by Gasteiger charge is 2.35. The smallest absolute Gasteiger partial charge is 0.223 e. The summed E-state index contributed by atoms with van der Waals surface area (Å²) in [5.41, 5.74) is 6.63. The van der Waals surface area contributed by atoms with Gasteiger partial charge in [0.05, 0.1) is 5.69 Å². The zero-order valence-corrected chi connectivity index (χ0v) is 17.1. The maximum absolute atomic E-state index is 13.3. The van der Waals surface area contributed by atoms with Gasteiger partial charge in [-0.2, -0.15) is 0 Å². The molecule has 2 aromatic heterocycles. The van der Waals surface area contributed by atoms with Crippen LogP contribution in [0.15, 0.2) is 72.8 Å². The molecule has 4 heteroatoms. The van der Waals surface area contributed by atoms with Gasteiger partial charge in [-0.1, -0.05) is 54.6 Å². The first-order valence-corrected chi connectivity index (χ1v) is 10.6. The van der Waals surface area contributed by atoms with Crippen molar-refractivity contribution in [3.63, 3.8) is 0 Å². The van der Waals surface area contributed by atoms with Gasteiger partial charge in [-0.05, 0) is 49.1 Å². The van der Waals surface area contributed by atoms with E-state index >= 15 is 0 Å². The van der Waals surface area contributed by atoms with Crippen molar-refractivity contribution in [3.05, 3.63) is 101 Å². The number of amides is 1. The van der Waals surface area contributed by atoms with Crippen LogP contribution in [0, 0.1) is 6.92 Å². The largest absolute Gasteiger partial charge is 0.356 e. The van der Waals surface area contributed by atoms with Crippen LogP contribution in [0.1, 0.15) is 40.7 Å². The van der Waals surface area contributed by atoms with Crippen LogP contribution in [0.25, 0.3) is 10.9 Å². The summed E-state index contributed by atoms with van der Waals surface area (Å²) >= 11 is 0. The number of fused-ring (bicyclic) bond motifs is 3. The molecule has 1 amide bonds. The van der Waals surface area contributed by atoms with Crippen molar-refractivity contribution in [2.45, 2.75) is 32.2 Å². The van der Waals surface area contributed by atoms with Crippen LogP contribution >= 0.6 is 0 Å². The normalized spacial score (nSPS) is 15.9. The Kier molecular flexibility index (Phi) is 4.83. The van der Waals surface area contributed by atoms with E-state index in [1.807, 2.05) is 54.3 Å². The van der Waals surface area contributed by atoms with Crippen LogP contribution in [-0.2, 0) is 17.6 Å². The van der Waals surface area contributed by atoms with Gasteiger partial charge in [-0.25, -0.2) is 0 Å². The highest BCUT2D eigenvalue weighted by molar-refractivity contribution is 5.86. The molecule has 150 valence electrons. The molecule has 0 saturated carbocycles. The maximum Gasteiger partial charge on any atom is 0.223 e. The van der Waals surface area contributed by atoms with Gasteiger partial charge >= 0.3 is 0 Å². The molecule has 0 unspecified atom stereocenters. The number of carbonyl (C=O) groups excluding carboxylic acids is 1. The highest BCUT2D eigenvalue weighted by Crippen LogP contribution is 2.38. The number of aromatic nitrogens is 2. The summed E-state index contributed by atoms with van der Waals surface area (Å²) in [6.07, 6.45) is 2.12. The number of nitrogens with zero attached hydrogens (tertiary/aromatic N) is 2. The van der Waals surface area contributed by atoms with Crippen molar-refractivity contribution in [2.24, 2.45) is 0 Å². The summed E-state index contributed by atoms with van der Waals surface area (Å²) in [6, 6.07) is 24.5. The number of aromatic amines is 1. The van der Waals surface area contributed by atoms with E-state index in [0.717, 1.165) is 35.4 Å². The van der Waals surface area contributed by atoms with Crippen LogP contribution in [0.2, 0.25) is 0 Å². The highest BCUT2D eigenvalue weighted by atomic mass is 16.2. The van der Waals surface area contributed by atoms with Crippen molar-refractivity contribution in [2.75, 3.05) is 6.54 Å². The molecule has 0 bridgehead atoms. The fourth-order valence-electron chi connectivity index (χ4n) is 4.57. The third-order valence-corrected chi connectivity index (χ3v) is 6.02. The lowest BCUT2D eigenvalue weighted by Crippen LogP contribution is -2.41. The predicted molar refractivity (Wildman–Crippen MR) is 119 cm³/mol. The molecule has 1 N–H and O–H groups in total. The Morgan fingerprint density at radius 3 is 2.67 bits per heavy atom. The Labute approximate surface area is 176 Å². The molecule has 0 saturated heterocycles. The van der Waals surface area contributed by atoms with Crippen molar-refractivity contribution < 1.29 is 4.79 Å². The Hall–Kier alpha value is -3.40. The molecule has 2 aromatic carbocycles. The maximum atomic E-state index is 13.3. The van der Waals surface area contributed by atoms with Crippen LogP contribution in [0.5, 0.6) is 0 Å². The van der Waals surface area contributed by atoms with Gasteiger partial charge in [0.25, 0.3) is 0 Å². The van der Waals surface area contributed by atoms with E-state index in [0.29, 0.717) is 13.0 Å². The molecule has 1 aliphatic heterocycles. The molecule has 1 aliphatic rings. The molecule has 4 nitrogen and oxygen atoms in total. The number of hydrogen-bond acceptors (Lipinski definition) is 2. The Morgan fingerprint density at radius 2 is 1.83 bits per heavy atom. The van der Waals surface area contributed by atoms with Gasteiger partial charge in [-0.15, -0.1) is 0 Å². The SMILES string of the molecule is Cc1cccc([C@H]2c3[nH]c4ccccc4c3CCN2C(=O)CCc2ccccc2)n1. The second-order valence-electron chi connectivity index (χ2n) is 7.99. The molecule has 0 radical (unpaired) electrons. The number of para-hydroxylation sites is 1. The van der Waals surface area contributed by atoms with Crippen LogP contribution in [0.3, 0.4) is 0 Å². The number of aryl methyl sites for hydroxylation is 2. The number of hydrogen-bond donors (Lipinski definition) is 1. The standard InChI is InChI=1S/C26H25N3O/c1-18-8-7-13-23(27-18)26-25-21(20-11-5-6-12-22(20)28-25)16-17-29(26)24(30)15-14-19-9-3-2-4-10-19/h2-13,26,28H,14-17H2,1H3/t26-/m0/s1. The minimum atomic E-state index is -0.177. The second-order valence-corrected chi connectivity index (χ2v) is 7.99. The average Bonchev–Trinajstić information content (AvgIpc) is 3.16. The molecule has 30 heavy (non-hydrogen) atoms. The molecule has 5 rings (SSSR count). The lowest BCUT2D eigenvalue weighted by atomic mass is 9.94. The molecule has 0 spiro atoms. The third-order valence-electron chi connectivity index (χ3n) is 6.02. The van der Waals surface area contributed by atoms with Crippen molar-refractivity contribution in [1.29, 1.82) is 0 Å². The number of nitrogens with one attached hydrogen (secondary N) is 1. The molecule has 3 heterocycles. The number of benzene rings is 2. The molecule has 0 fully saturated rings. The van der Waals surface area contributed by atoms with E-state index in [1.54, 1.807) is 0 Å². The van der Waals surface area contributed by atoms with Gasteiger partial charge in [0.2, 0.25) is 5.91 Å². The third kappa shape index (κ3) is 3.39. The summed E-state index contributed by atoms with van der Waals surface area (Å²) in [6.45, 7) is 2.71. The zero-order chi connectivity index (χ0) is 20.5. The molecular formula is C26H25N3O. The molecule has 0 aliphatic carbocycles. The quantitative estimate of drug-likeness (QED) is 0.530. The summed E-state index contributed by atoms with van der Waals surface area (Å²) < 4.78 is 0. The van der Waals surface area contributed by atoms with Gasteiger partial charge in [0.1, 0.15) is 6.04 Å². The van der Waals surface area contributed by atoms with E-state index in [9.17, 15) is 4.79 Å². The molecular weight excluding hydrogens is 370 g/mol. The van der Waals surface area contributed by atoms with Gasteiger partial charge in [0.15, 0.2) is 0 Å². The van der Waals surface area contributed by atoms with Crippen LogP contribution in [0.4, 0.5) is 0 Å². The van der Waals surface area contributed by atoms with Gasteiger partial charge < -0.3 is 9.88 Å². The van der Waals surface area contributed by atoms with Crippen molar-refractivity contribution in [1.82, 2.24) is 14.9 Å². The van der Waals surface area contributed by atoms with Crippen molar-refractivity contribution in [3.8, 4) is 0 Å². The zero-order valence-electron chi connectivity index (χ0n) is 17.1. The summed E-state index contributed by atoms with van der Waals surface area (Å²) in [4.78, 5) is 23.8. The van der Waals surface area contributed by atoms with E-state index in [4.69, 9.17) is 4.98 Å². The van der Waals surface area contributed by atoms with Crippen LogP contribution in [-0.4, -0.2) is 27.3 Å². The van der Waals surface area contributed by atoms with E-state index < -0.39 is 0 Å². The Balaban J connectivity index is 1.52.